The van der Waals surface area contributed by atoms with Gasteiger partial charge in [-0.2, -0.15) is 5.10 Å². The van der Waals surface area contributed by atoms with Crippen LogP contribution in [0.15, 0.2) is 53.4 Å². The summed E-state index contributed by atoms with van der Waals surface area (Å²) in [5.74, 6) is 1.31. The van der Waals surface area contributed by atoms with Crippen molar-refractivity contribution < 1.29 is 4.79 Å². The molecule has 0 bridgehead atoms. The minimum atomic E-state index is -0.104. The number of benzene rings is 2. The van der Waals surface area contributed by atoms with E-state index in [1.165, 1.54) is 10.5 Å². The van der Waals surface area contributed by atoms with Gasteiger partial charge >= 0.3 is 0 Å². The molecule has 0 aliphatic heterocycles. The highest BCUT2D eigenvalue weighted by atomic mass is 35.5. The molecule has 5 nitrogen and oxygen atoms in total. The normalized spacial score (nSPS) is 10.7. The Hall–Kier alpha value is -2.09. The number of aromatic amines is 1. The molecule has 0 aliphatic rings. The summed E-state index contributed by atoms with van der Waals surface area (Å²) in [5.41, 5.74) is 2.08. The number of halogens is 1. The predicted molar refractivity (Wildman–Crippen MR) is 113 cm³/mol. The fourth-order valence-electron chi connectivity index (χ4n) is 2.48. The molecule has 27 heavy (non-hydrogen) atoms. The topological polar surface area (TPSA) is 62.7 Å². The predicted octanol–water partition coefficient (Wildman–Crippen LogP) is 4.48. The summed E-state index contributed by atoms with van der Waals surface area (Å²) in [7, 11) is 0. The van der Waals surface area contributed by atoms with Gasteiger partial charge < -0.3 is 5.32 Å². The highest BCUT2D eigenvalue weighted by Crippen LogP contribution is 2.20. The van der Waals surface area contributed by atoms with Crippen LogP contribution >= 0.6 is 35.6 Å². The highest BCUT2D eigenvalue weighted by molar-refractivity contribution is 7.99. The third-order valence-electron chi connectivity index (χ3n) is 3.88. The fourth-order valence-corrected chi connectivity index (χ4v) is 3.57. The molecule has 2 aromatic carbocycles. The van der Waals surface area contributed by atoms with E-state index < -0.39 is 0 Å². The van der Waals surface area contributed by atoms with E-state index in [0.29, 0.717) is 22.2 Å². The summed E-state index contributed by atoms with van der Waals surface area (Å²) >= 11 is 12.9. The van der Waals surface area contributed by atoms with Crippen LogP contribution in [-0.4, -0.2) is 33.0 Å². The van der Waals surface area contributed by atoms with Gasteiger partial charge in [0.2, 0.25) is 5.91 Å². The second kappa shape index (κ2) is 9.21. The second-order valence-corrected chi connectivity index (χ2v) is 7.95. The maximum Gasteiger partial charge on any atom is 0.240 e. The van der Waals surface area contributed by atoms with Crippen LogP contribution in [0.3, 0.4) is 0 Å². The van der Waals surface area contributed by atoms with Gasteiger partial charge in [0.15, 0.2) is 10.6 Å². The lowest BCUT2D eigenvalue weighted by molar-refractivity contribution is -0.121. The van der Waals surface area contributed by atoms with Gasteiger partial charge in [-0.25, -0.2) is 0 Å². The Kier molecular flexibility index (Phi) is 6.71. The Labute approximate surface area is 172 Å². The van der Waals surface area contributed by atoms with E-state index in [4.69, 9.17) is 23.8 Å². The molecule has 0 radical (unpaired) electrons. The van der Waals surface area contributed by atoms with Gasteiger partial charge in [0.25, 0.3) is 0 Å². The van der Waals surface area contributed by atoms with Crippen LogP contribution in [0.1, 0.15) is 5.56 Å². The largest absolute Gasteiger partial charge is 0.354 e. The number of aryl methyl sites for hydroxylation is 1. The van der Waals surface area contributed by atoms with E-state index in [1.54, 1.807) is 28.5 Å². The standard InChI is InChI=1S/C19H19ClN4OS2/c1-13-2-8-16(9-3-13)27-11-10-21-17(25)12-24-18(22-23-19(24)26)14-4-6-15(20)7-5-14/h2-9H,10-12H2,1H3,(H,21,25)(H,23,26). The lowest BCUT2D eigenvalue weighted by Gasteiger charge is -2.08. The average Bonchev–Trinajstić information content (AvgIpc) is 3.01. The summed E-state index contributed by atoms with van der Waals surface area (Å²) in [4.78, 5) is 13.5. The van der Waals surface area contributed by atoms with Gasteiger partial charge in [-0.05, 0) is 55.5 Å². The molecule has 0 unspecified atom stereocenters. The van der Waals surface area contributed by atoms with Gasteiger partial charge in [-0.3, -0.25) is 14.5 Å². The Bertz CT molecular complexity index is 965. The fraction of sp³-hybridized carbons (Fsp3) is 0.211. The summed E-state index contributed by atoms with van der Waals surface area (Å²) < 4.78 is 2.09. The van der Waals surface area contributed by atoms with Crippen molar-refractivity contribution in [2.24, 2.45) is 0 Å². The SMILES string of the molecule is Cc1ccc(SCCNC(=O)Cn2c(-c3ccc(Cl)cc3)n[nH]c2=S)cc1. The van der Waals surface area contributed by atoms with Crippen molar-refractivity contribution in [3.8, 4) is 11.4 Å². The first-order valence-corrected chi connectivity index (χ1v) is 10.2. The van der Waals surface area contributed by atoms with Crippen LogP contribution in [0.4, 0.5) is 0 Å². The first kappa shape index (κ1) is 19.7. The van der Waals surface area contributed by atoms with Crippen LogP contribution in [0.2, 0.25) is 5.02 Å². The van der Waals surface area contributed by atoms with Crippen molar-refractivity contribution in [1.82, 2.24) is 20.1 Å². The number of aromatic nitrogens is 3. The van der Waals surface area contributed by atoms with E-state index in [9.17, 15) is 4.79 Å². The Morgan fingerprint density at radius 3 is 2.63 bits per heavy atom. The zero-order valence-electron chi connectivity index (χ0n) is 14.7. The first-order chi connectivity index (χ1) is 13.0. The van der Waals surface area contributed by atoms with Crippen molar-refractivity contribution in [1.29, 1.82) is 0 Å². The maximum absolute atomic E-state index is 12.3. The molecule has 1 amide bonds. The highest BCUT2D eigenvalue weighted by Gasteiger charge is 2.12. The number of nitrogens with one attached hydrogen (secondary N) is 2. The smallest absolute Gasteiger partial charge is 0.240 e. The van der Waals surface area contributed by atoms with Gasteiger partial charge in [-0.1, -0.05) is 29.3 Å². The molecule has 0 atom stereocenters. The molecule has 0 saturated heterocycles. The number of amides is 1. The van der Waals surface area contributed by atoms with Gasteiger partial charge in [0.1, 0.15) is 6.54 Å². The molecule has 2 N–H and O–H groups in total. The molecule has 0 saturated carbocycles. The molecule has 3 aromatic rings. The van der Waals surface area contributed by atoms with Crippen molar-refractivity contribution in [2.45, 2.75) is 18.4 Å². The number of hydrogen-bond acceptors (Lipinski definition) is 4. The van der Waals surface area contributed by atoms with Crippen LogP contribution < -0.4 is 5.32 Å². The molecule has 0 spiro atoms. The zero-order valence-corrected chi connectivity index (χ0v) is 17.1. The average molecular weight is 419 g/mol. The molecule has 1 aromatic heterocycles. The number of H-pyrrole nitrogens is 1. The summed E-state index contributed by atoms with van der Waals surface area (Å²) in [5, 5.41) is 10.5. The van der Waals surface area contributed by atoms with Gasteiger partial charge in [0, 0.05) is 27.8 Å². The van der Waals surface area contributed by atoms with E-state index in [2.05, 4.69) is 46.7 Å². The Morgan fingerprint density at radius 1 is 1.22 bits per heavy atom. The first-order valence-electron chi connectivity index (χ1n) is 8.40. The molecule has 8 heteroatoms. The van der Waals surface area contributed by atoms with E-state index in [1.807, 2.05) is 12.1 Å². The summed E-state index contributed by atoms with van der Waals surface area (Å²) in [6.07, 6.45) is 0. The minimum Gasteiger partial charge on any atom is -0.354 e. The monoisotopic (exact) mass is 418 g/mol. The summed E-state index contributed by atoms with van der Waals surface area (Å²) in [6, 6.07) is 15.6. The van der Waals surface area contributed by atoms with Crippen molar-refractivity contribution in [3.05, 3.63) is 63.9 Å². The Balaban J connectivity index is 1.55. The molecular weight excluding hydrogens is 400 g/mol. The number of nitrogens with zero attached hydrogens (tertiary/aromatic N) is 2. The molecule has 1 heterocycles. The van der Waals surface area contributed by atoms with Crippen LogP contribution in [0.5, 0.6) is 0 Å². The number of thioether (sulfide) groups is 1. The third-order valence-corrected chi connectivity index (χ3v) is 5.45. The number of carbonyl (C=O) groups excluding carboxylic acids is 1. The van der Waals surface area contributed by atoms with E-state index in [-0.39, 0.29) is 12.5 Å². The molecule has 0 fully saturated rings. The van der Waals surface area contributed by atoms with Crippen LogP contribution in [0, 0.1) is 11.7 Å². The van der Waals surface area contributed by atoms with Gasteiger partial charge in [0.05, 0.1) is 0 Å². The third kappa shape index (κ3) is 5.45. The maximum atomic E-state index is 12.3. The quantitative estimate of drug-likeness (QED) is 0.337. The number of hydrogen-bond donors (Lipinski definition) is 2. The van der Waals surface area contributed by atoms with Crippen molar-refractivity contribution >= 4 is 41.5 Å². The molecular formula is C19H19ClN4OS2. The van der Waals surface area contributed by atoms with E-state index >= 15 is 0 Å². The van der Waals surface area contributed by atoms with E-state index in [0.717, 1.165) is 11.3 Å². The van der Waals surface area contributed by atoms with Crippen molar-refractivity contribution in [3.63, 3.8) is 0 Å². The molecule has 0 aliphatic carbocycles. The molecule has 140 valence electrons. The number of rotatable bonds is 7. The number of carbonyl (C=O) groups is 1. The van der Waals surface area contributed by atoms with Crippen LogP contribution in [0.25, 0.3) is 11.4 Å². The van der Waals surface area contributed by atoms with Crippen molar-refractivity contribution in [2.75, 3.05) is 12.3 Å². The van der Waals surface area contributed by atoms with Crippen LogP contribution in [-0.2, 0) is 11.3 Å². The molecule has 3 rings (SSSR count). The summed E-state index contributed by atoms with van der Waals surface area (Å²) in [6.45, 7) is 2.76. The zero-order chi connectivity index (χ0) is 19.2. The minimum absolute atomic E-state index is 0.104. The van der Waals surface area contributed by atoms with Gasteiger partial charge in [-0.15, -0.1) is 11.8 Å². The second-order valence-electron chi connectivity index (χ2n) is 5.96. The Morgan fingerprint density at radius 2 is 1.93 bits per heavy atom. The lowest BCUT2D eigenvalue weighted by Crippen LogP contribution is -2.29. The lowest BCUT2D eigenvalue weighted by atomic mass is 10.2.